The highest BCUT2D eigenvalue weighted by Crippen LogP contribution is 2.39. The van der Waals surface area contributed by atoms with Crippen molar-refractivity contribution in [3.8, 4) is 0 Å². The van der Waals surface area contributed by atoms with Crippen LogP contribution in [-0.2, 0) is 4.79 Å². The highest BCUT2D eigenvalue weighted by atomic mass is 16.1. The normalized spacial score (nSPS) is 33.3. The van der Waals surface area contributed by atoms with Crippen LogP contribution in [0.4, 0.5) is 0 Å². The van der Waals surface area contributed by atoms with E-state index in [2.05, 4.69) is 12.7 Å². The molecule has 1 unspecified atom stereocenters. The van der Waals surface area contributed by atoms with Crippen LogP contribution in [0.2, 0.25) is 0 Å². The van der Waals surface area contributed by atoms with E-state index in [-0.39, 0.29) is 0 Å². The zero-order valence-electron chi connectivity index (χ0n) is 11.7. The summed E-state index contributed by atoms with van der Waals surface area (Å²) < 4.78 is 0. The van der Waals surface area contributed by atoms with Crippen LogP contribution in [0.5, 0.6) is 0 Å². The molecule has 0 aromatic heterocycles. The van der Waals surface area contributed by atoms with E-state index in [0.717, 1.165) is 31.1 Å². The first-order chi connectivity index (χ1) is 8.79. The van der Waals surface area contributed by atoms with Crippen LogP contribution in [0.3, 0.4) is 0 Å². The van der Waals surface area contributed by atoms with Crippen molar-refractivity contribution in [2.75, 3.05) is 0 Å². The molecule has 2 saturated carbocycles. The van der Waals surface area contributed by atoms with Crippen molar-refractivity contribution >= 4 is 5.78 Å². The first-order valence-corrected chi connectivity index (χ1v) is 7.92. The van der Waals surface area contributed by atoms with Gasteiger partial charge in [-0.1, -0.05) is 31.8 Å². The summed E-state index contributed by atoms with van der Waals surface area (Å²) in [6.07, 6.45) is 15.7. The minimum absolute atomic E-state index is 0.518. The van der Waals surface area contributed by atoms with Gasteiger partial charge in [0.15, 0.2) is 0 Å². The number of hydrogen-bond acceptors (Lipinski definition) is 1. The van der Waals surface area contributed by atoms with Gasteiger partial charge in [0.25, 0.3) is 0 Å². The van der Waals surface area contributed by atoms with E-state index >= 15 is 0 Å². The van der Waals surface area contributed by atoms with Crippen molar-refractivity contribution in [3.63, 3.8) is 0 Å². The summed E-state index contributed by atoms with van der Waals surface area (Å²) in [5.74, 6) is 3.04. The first-order valence-electron chi connectivity index (χ1n) is 7.92. The van der Waals surface area contributed by atoms with Crippen LogP contribution in [0.1, 0.15) is 70.6 Å². The van der Waals surface area contributed by atoms with Crippen molar-refractivity contribution in [2.45, 2.75) is 70.6 Å². The Labute approximate surface area is 112 Å². The Balaban J connectivity index is 1.84. The number of rotatable bonds is 5. The van der Waals surface area contributed by atoms with Crippen LogP contribution in [0, 0.1) is 17.8 Å². The van der Waals surface area contributed by atoms with Gasteiger partial charge in [-0.05, 0) is 49.9 Å². The van der Waals surface area contributed by atoms with Gasteiger partial charge in [-0.2, -0.15) is 0 Å². The van der Waals surface area contributed by atoms with E-state index in [1.807, 2.05) is 0 Å². The molecule has 0 spiro atoms. The lowest BCUT2D eigenvalue weighted by Crippen LogP contribution is -2.25. The number of allylic oxidation sites excluding steroid dienone is 1. The van der Waals surface area contributed by atoms with Gasteiger partial charge in [0.1, 0.15) is 5.78 Å². The molecular formula is C17H28O. The van der Waals surface area contributed by atoms with Crippen molar-refractivity contribution in [1.29, 1.82) is 0 Å². The maximum Gasteiger partial charge on any atom is 0.133 e. The Bertz CT molecular complexity index is 281. The molecule has 0 aromatic carbocycles. The topological polar surface area (TPSA) is 17.1 Å². The predicted octanol–water partition coefficient (Wildman–Crippen LogP) is 4.91. The molecule has 0 saturated heterocycles. The molecule has 0 N–H and O–H groups in total. The Morgan fingerprint density at radius 3 is 2.61 bits per heavy atom. The number of carbonyl (C=O) groups is 1. The van der Waals surface area contributed by atoms with Gasteiger partial charge in [-0.25, -0.2) is 0 Å². The second-order valence-electron chi connectivity index (χ2n) is 6.41. The average molecular weight is 248 g/mol. The largest absolute Gasteiger partial charge is 0.300 e. The van der Waals surface area contributed by atoms with Crippen molar-refractivity contribution in [3.05, 3.63) is 12.7 Å². The third kappa shape index (κ3) is 3.96. The van der Waals surface area contributed by atoms with E-state index in [9.17, 15) is 4.79 Å². The minimum atomic E-state index is 0.518. The van der Waals surface area contributed by atoms with E-state index in [0.29, 0.717) is 11.7 Å². The summed E-state index contributed by atoms with van der Waals surface area (Å²) in [6.45, 7) is 3.85. The molecule has 3 atom stereocenters. The van der Waals surface area contributed by atoms with E-state index < -0.39 is 0 Å². The molecule has 0 radical (unpaired) electrons. The average Bonchev–Trinajstić information content (AvgIpc) is 2.38. The molecule has 0 amide bonds. The SMILES string of the molecule is C=CCC[C@H]1CCCC[C@H]1CC1CCCC(=O)C1. The number of hydrogen-bond donors (Lipinski definition) is 0. The molecule has 2 aliphatic rings. The van der Waals surface area contributed by atoms with Gasteiger partial charge in [-0.3, -0.25) is 4.79 Å². The Morgan fingerprint density at radius 1 is 1.11 bits per heavy atom. The van der Waals surface area contributed by atoms with Crippen LogP contribution in [0.25, 0.3) is 0 Å². The fraction of sp³-hybridized carbons (Fsp3) is 0.824. The quantitative estimate of drug-likeness (QED) is 0.632. The molecule has 0 heterocycles. The van der Waals surface area contributed by atoms with Crippen LogP contribution in [-0.4, -0.2) is 5.78 Å². The third-order valence-corrected chi connectivity index (χ3v) is 5.03. The molecule has 2 fully saturated rings. The van der Waals surface area contributed by atoms with E-state index in [1.165, 1.54) is 51.4 Å². The van der Waals surface area contributed by atoms with E-state index in [4.69, 9.17) is 0 Å². The van der Waals surface area contributed by atoms with Crippen molar-refractivity contribution < 1.29 is 4.79 Å². The van der Waals surface area contributed by atoms with Crippen LogP contribution < -0.4 is 0 Å². The maximum atomic E-state index is 11.6. The molecular weight excluding hydrogens is 220 g/mol. The summed E-state index contributed by atoms with van der Waals surface area (Å²) in [7, 11) is 0. The van der Waals surface area contributed by atoms with Gasteiger partial charge >= 0.3 is 0 Å². The fourth-order valence-electron chi connectivity index (χ4n) is 4.05. The molecule has 1 heteroatoms. The summed E-state index contributed by atoms with van der Waals surface area (Å²) in [5.41, 5.74) is 0. The predicted molar refractivity (Wildman–Crippen MR) is 76.5 cm³/mol. The smallest absolute Gasteiger partial charge is 0.133 e. The Morgan fingerprint density at radius 2 is 1.89 bits per heavy atom. The molecule has 2 aliphatic carbocycles. The van der Waals surface area contributed by atoms with Gasteiger partial charge < -0.3 is 0 Å². The number of ketones is 1. The molecule has 18 heavy (non-hydrogen) atoms. The molecule has 0 bridgehead atoms. The minimum Gasteiger partial charge on any atom is -0.300 e. The lowest BCUT2D eigenvalue weighted by atomic mass is 9.71. The molecule has 1 nitrogen and oxygen atoms in total. The lowest BCUT2D eigenvalue weighted by molar-refractivity contribution is -0.121. The van der Waals surface area contributed by atoms with Crippen molar-refractivity contribution in [1.82, 2.24) is 0 Å². The lowest BCUT2D eigenvalue weighted by Gasteiger charge is -2.35. The fourth-order valence-corrected chi connectivity index (χ4v) is 4.05. The Kier molecular flexibility index (Phi) is 5.46. The second kappa shape index (κ2) is 7.11. The molecule has 2 rings (SSSR count). The van der Waals surface area contributed by atoms with E-state index in [1.54, 1.807) is 0 Å². The maximum absolute atomic E-state index is 11.6. The summed E-state index contributed by atoms with van der Waals surface area (Å²) in [4.78, 5) is 11.6. The summed E-state index contributed by atoms with van der Waals surface area (Å²) >= 11 is 0. The van der Waals surface area contributed by atoms with Gasteiger partial charge in [-0.15, -0.1) is 6.58 Å². The monoisotopic (exact) mass is 248 g/mol. The van der Waals surface area contributed by atoms with Gasteiger partial charge in [0.05, 0.1) is 0 Å². The zero-order chi connectivity index (χ0) is 12.8. The number of Topliss-reactive ketones (excluding diaryl/α,β-unsaturated/α-hetero) is 1. The third-order valence-electron chi connectivity index (χ3n) is 5.03. The van der Waals surface area contributed by atoms with Crippen LogP contribution in [0.15, 0.2) is 12.7 Å². The number of carbonyl (C=O) groups excluding carboxylic acids is 1. The van der Waals surface area contributed by atoms with Gasteiger partial charge in [0.2, 0.25) is 0 Å². The molecule has 0 aromatic rings. The highest BCUT2D eigenvalue weighted by Gasteiger charge is 2.29. The standard InChI is InChI=1S/C17H28O/c1-2-3-8-15-9-4-5-10-16(15)12-14-7-6-11-17(18)13-14/h2,14-16H,1,3-13H2/t14?,15-,16-/m0/s1. The highest BCUT2D eigenvalue weighted by molar-refractivity contribution is 5.79. The van der Waals surface area contributed by atoms with Crippen molar-refractivity contribution in [2.24, 2.45) is 17.8 Å². The summed E-state index contributed by atoms with van der Waals surface area (Å²) in [5, 5.41) is 0. The first kappa shape index (κ1) is 13.8. The molecule has 102 valence electrons. The zero-order valence-corrected chi connectivity index (χ0v) is 11.7. The molecule has 0 aliphatic heterocycles. The van der Waals surface area contributed by atoms with Gasteiger partial charge in [0, 0.05) is 12.8 Å². The van der Waals surface area contributed by atoms with Crippen LogP contribution >= 0.6 is 0 Å². The second-order valence-corrected chi connectivity index (χ2v) is 6.41. The Hall–Kier alpha value is -0.590. The summed E-state index contributed by atoms with van der Waals surface area (Å²) in [6, 6.07) is 0.